The van der Waals surface area contributed by atoms with Gasteiger partial charge in [0.05, 0.1) is 0 Å². The van der Waals surface area contributed by atoms with Crippen LogP contribution in [-0.4, -0.2) is 25.6 Å². The Morgan fingerprint density at radius 3 is 2.76 bits per heavy atom. The molecule has 4 nitrogen and oxygen atoms in total. The van der Waals surface area contributed by atoms with Gasteiger partial charge in [-0.3, -0.25) is 4.79 Å². The lowest BCUT2D eigenvalue weighted by Gasteiger charge is -2.15. The minimum Gasteiger partial charge on any atom is -0.435 e. The van der Waals surface area contributed by atoms with E-state index in [-0.39, 0.29) is 17.7 Å². The van der Waals surface area contributed by atoms with E-state index in [1.54, 1.807) is 12.1 Å². The molecule has 0 bridgehead atoms. The lowest BCUT2D eigenvalue weighted by Crippen LogP contribution is -2.29. The summed E-state index contributed by atoms with van der Waals surface area (Å²) in [5.41, 5.74) is 0.835. The fourth-order valence-corrected chi connectivity index (χ4v) is 1.83. The van der Waals surface area contributed by atoms with Gasteiger partial charge in [0.25, 0.3) is 0 Å². The van der Waals surface area contributed by atoms with Gasteiger partial charge in [0.2, 0.25) is 5.91 Å². The fourth-order valence-electron chi connectivity index (χ4n) is 1.83. The molecular weight excluding hydrogens is 278 g/mol. The van der Waals surface area contributed by atoms with E-state index < -0.39 is 6.61 Å². The minimum atomic E-state index is -2.83. The van der Waals surface area contributed by atoms with Crippen molar-refractivity contribution in [3.8, 4) is 5.75 Å². The summed E-state index contributed by atoms with van der Waals surface area (Å²) in [5, 5.41) is 5.98. The summed E-state index contributed by atoms with van der Waals surface area (Å²) in [6.07, 6.45) is 1.30. The van der Waals surface area contributed by atoms with Gasteiger partial charge >= 0.3 is 6.61 Å². The number of carbonyl (C=O) groups excluding carboxylic acids is 1. The second-order valence-corrected chi connectivity index (χ2v) is 4.73. The second-order valence-electron chi connectivity index (χ2n) is 4.73. The lowest BCUT2D eigenvalue weighted by molar-refractivity contribution is -0.121. The van der Waals surface area contributed by atoms with Crippen LogP contribution in [0, 0.1) is 0 Å². The highest BCUT2D eigenvalue weighted by molar-refractivity contribution is 5.75. The predicted molar refractivity (Wildman–Crippen MR) is 77.4 cm³/mol. The lowest BCUT2D eigenvalue weighted by atomic mass is 10.1. The van der Waals surface area contributed by atoms with Crippen LogP contribution >= 0.6 is 0 Å². The molecule has 2 N–H and O–H groups in total. The highest BCUT2D eigenvalue weighted by atomic mass is 19.3. The Kier molecular flexibility index (Phi) is 7.68. The zero-order chi connectivity index (χ0) is 15.7. The van der Waals surface area contributed by atoms with E-state index >= 15 is 0 Å². The summed E-state index contributed by atoms with van der Waals surface area (Å²) < 4.78 is 28.7. The van der Waals surface area contributed by atoms with Crippen molar-refractivity contribution in [3.63, 3.8) is 0 Å². The van der Waals surface area contributed by atoms with Crippen molar-refractivity contribution in [1.29, 1.82) is 0 Å². The summed E-state index contributed by atoms with van der Waals surface area (Å²) >= 11 is 0. The van der Waals surface area contributed by atoms with Crippen LogP contribution in [0.4, 0.5) is 8.78 Å². The monoisotopic (exact) mass is 300 g/mol. The van der Waals surface area contributed by atoms with E-state index in [0.29, 0.717) is 19.5 Å². The SMILES string of the molecule is CCCNC(=O)CCNC(C)c1cccc(OC(F)F)c1. The largest absolute Gasteiger partial charge is 0.435 e. The number of benzene rings is 1. The third kappa shape index (κ3) is 7.04. The number of hydrogen-bond acceptors (Lipinski definition) is 3. The molecule has 0 aliphatic rings. The number of carbonyl (C=O) groups is 1. The predicted octanol–water partition coefficient (Wildman–Crippen LogP) is 2.85. The van der Waals surface area contributed by atoms with Crippen molar-refractivity contribution >= 4 is 5.91 Å². The van der Waals surface area contributed by atoms with Gasteiger partial charge in [0.1, 0.15) is 5.75 Å². The zero-order valence-electron chi connectivity index (χ0n) is 12.4. The molecule has 0 aliphatic carbocycles. The van der Waals surface area contributed by atoms with Crippen LogP contribution in [0.15, 0.2) is 24.3 Å². The first-order chi connectivity index (χ1) is 10.0. The maximum Gasteiger partial charge on any atom is 0.387 e. The Morgan fingerprint density at radius 1 is 1.33 bits per heavy atom. The minimum absolute atomic E-state index is 0.00587. The molecule has 1 aromatic rings. The normalized spacial score (nSPS) is 12.2. The first kappa shape index (κ1) is 17.4. The molecule has 0 fully saturated rings. The number of amides is 1. The summed E-state index contributed by atoms with van der Waals surface area (Å²) in [6, 6.07) is 6.50. The Labute approximate surface area is 123 Å². The van der Waals surface area contributed by atoms with Crippen LogP contribution in [0.5, 0.6) is 5.75 Å². The van der Waals surface area contributed by atoms with Crippen LogP contribution in [0.1, 0.15) is 38.3 Å². The molecule has 0 saturated heterocycles. The highest BCUT2D eigenvalue weighted by Crippen LogP contribution is 2.20. The number of nitrogens with one attached hydrogen (secondary N) is 2. The zero-order valence-corrected chi connectivity index (χ0v) is 12.4. The molecule has 0 aliphatic heterocycles. The maximum atomic E-state index is 12.2. The highest BCUT2D eigenvalue weighted by Gasteiger charge is 2.09. The third-order valence-electron chi connectivity index (χ3n) is 2.96. The van der Waals surface area contributed by atoms with E-state index in [2.05, 4.69) is 15.4 Å². The second kappa shape index (κ2) is 9.28. The smallest absolute Gasteiger partial charge is 0.387 e. The standard InChI is InChI=1S/C15H22F2N2O2/c1-3-8-19-14(20)7-9-18-11(2)12-5-4-6-13(10-12)21-15(16)17/h4-6,10-11,15,18H,3,7-9H2,1-2H3,(H,19,20). The number of halogens is 2. The summed E-state index contributed by atoms with van der Waals surface area (Å²) in [4.78, 5) is 11.4. The summed E-state index contributed by atoms with van der Waals surface area (Å²) in [5.74, 6) is 0.142. The molecule has 1 rings (SSSR count). The molecular formula is C15H22F2N2O2. The molecule has 118 valence electrons. The van der Waals surface area contributed by atoms with E-state index in [1.165, 1.54) is 6.07 Å². The van der Waals surface area contributed by atoms with Gasteiger partial charge in [-0.2, -0.15) is 8.78 Å². The number of ether oxygens (including phenoxy) is 1. The Balaban J connectivity index is 2.41. The van der Waals surface area contributed by atoms with Crippen LogP contribution in [0.3, 0.4) is 0 Å². The number of rotatable bonds is 9. The van der Waals surface area contributed by atoms with E-state index in [4.69, 9.17) is 0 Å². The van der Waals surface area contributed by atoms with E-state index in [0.717, 1.165) is 12.0 Å². The first-order valence-electron chi connectivity index (χ1n) is 7.07. The maximum absolute atomic E-state index is 12.2. The van der Waals surface area contributed by atoms with Gasteiger partial charge in [0.15, 0.2) is 0 Å². The van der Waals surface area contributed by atoms with Crippen LogP contribution in [0.25, 0.3) is 0 Å². The van der Waals surface area contributed by atoms with Gasteiger partial charge in [-0.1, -0.05) is 19.1 Å². The van der Waals surface area contributed by atoms with Crippen LogP contribution in [0.2, 0.25) is 0 Å². The molecule has 1 atom stereocenters. The van der Waals surface area contributed by atoms with Crippen LogP contribution in [-0.2, 0) is 4.79 Å². The number of hydrogen-bond donors (Lipinski definition) is 2. The molecule has 6 heteroatoms. The van der Waals surface area contributed by atoms with Crippen molar-refractivity contribution in [2.45, 2.75) is 39.3 Å². The summed E-state index contributed by atoms with van der Waals surface area (Å²) in [7, 11) is 0. The molecule has 0 aromatic heterocycles. The van der Waals surface area contributed by atoms with Gasteiger partial charge in [-0.05, 0) is 31.0 Å². The molecule has 1 aromatic carbocycles. The topological polar surface area (TPSA) is 50.4 Å². The van der Waals surface area contributed by atoms with Crippen molar-refractivity contribution in [3.05, 3.63) is 29.8 Å². The molecule has 1 amide bonds. The molecule has 0 spiro atoms. The fraction of sp³-hybridized carbons (Fsp3) is 0.533. The summed E-state index contributed by atoms with van der Waals surface area (Å²) in [6.45, 7) is 2.28. The quantitative estimate of drug-likeness (QED) is 0.737. The van der Waals surface area contributed by atoms with Gasteiger partial charge < -0.3 is 15.4 Å². The van der Waals surface area contributed by atoms with Gasteiger partial charge in [0, 0.05) is 25.6 Å². The molecule has 0 saturated carbocycles. The van der Waals surface area contributed by atoms with Crippen LogP contribution < -0.4 is 15.4 Å². The van der Waals surface area contributed by atoms with Gasteiger partial charge in [-0.15, -0.1) is 0 Å². The third-order valence-corrected chi connectivity index (χ3v) is 2.96. The molecule has 1 unspecified atom stereocenters. The van der Waals surface area contributed by atoms with Crippen molar-refractivity contribution in [1.82, 2.24) is 10.6 Å². The van der Waals surface area contributed by atoms with E-state index in [9.17, 15) is 13.6 Å². The van der Waals surface area contributed by atoms with Crippen molar-refractivity contribution < 1.29 is 18.3 Å². The van der Waals surface area contributed by atoms with Crippen molar-refractivity contribution in [2.24, 2.45) is 0 Å². The van der Waals surface area contributed by atoms with E-state index in [1.807, 2.05) is 19.9 Å². The molecule has 21 heavy (non-hydrogen) atoms. The molecule has 0 radical (unpaired) electrons. The van der Waals surface area contributed by atoms with Crippen molar-refractivity contribution in [2.75, 3.05) is 13.1 Å². The average molecular weight is 300 g/mol. The Morgan fingerprint density at radius 2 is 2.10 bits per heavy atom. The Hall–Kier alpha value is -1.69. The Bertz CT molecular complexity index is 441. The first-order valence-corrected chi connectivity index (χ1v) is 7.07. The van der Waals surface area contributed by atoms with Gasteiger partial charge in [-0.25, -0.2) is 0 Å². The molecule has 0 heterocycles. The average Bonchev–Trinajstić information content (AvgIpc) is 2.44. The number of alkyl halides is 2.